The lowest BCUT2D eigenvalue weighted by Crippen LogP contribution is -1.91. The lowest BCUT2D eigenvalue weighted by atomic mass is 10.0. The Hall–Kier alpha value is -2.06. The van der Waals surface area contributed by atoms with Gasteiger partial charge in [0.1, 0.15) is 11.2 Å². The van der Waals surface area contributed by atoms with E-state index in [1.807, 2.05) is 24.3 Å². The van der Waals surface area contributed by atoms with Crippen molar-refractivity contribution in [3.8, 4) is 0 Å². The molecule has 102 valence electrons. The molecule has 0 aliphatic rings. The van der Waals surface area contributed by atoms with E-state index in [1.54, 1.807) is 0 Å². The van der Waals surface area contributed by atoms with E-state index in [-0.39, 0.29) is 4.83 Å². The molecule has 1 atom stereocenters. The summed E-state index contributed by atoms with van der Waals surface area (Å²) in [5.41, 5.74) is 4.37. The van der Waals surface area contributed by atoms with E-state index in [1.165, 1.54) is 21.9 Å². The highest BCUT2D eigenvalue weighted by molar-refractivity contribution is 9.09. The molecule has 0 spiro atoms. The summed E-state index contributed by atoms with van der Waals surface area (Å²) in [5, 5.41) is 2.34. The Labute approximate surface area is 131 Å². The van der Waals surface area contributed by atoms with Gasteiger partial charge in [-0.1, -0.05) is 70.5 Å². The minimum absolute atomic E-state index is 0.191. The summed E-state index contributed by atoms with van der Waals surface area (Å²) in [4.78, 5) is 0.191. The standard InChI is InChI=1S/C19H13BrO/c20-19(13-6-2-1-3-7-13)14-10-11-18-16(12-14)15-8-4-5-9-17(15)21-18/h1-12,19H. The van der Waals surface area contributed by atoms with Gasteiger partial charge in [0.2, 0.25) is 0 Å². The smallest absolute Gasteiger partial charge is 0.135 e. The van der Waals surface area contributed by atoms with Crippen LogP contribution < -0.4 is 0 Å². The van der Waals surface area contributed by atoms with E-state index >= 15 is 0 Å². The molecule has 1 unspecified atom stereocenters. The zero-order chi connectivity index (χ0) is 14.2. The fraction of sp³-hybridized carbons (Fsp3) is 0.0526. The lowest BCUT2D eigenvalue weighted by molar-refractivity contribution is 0.669. The summed E-state index contributed by atoms with van der Waals surface area (Å²) in [6.07, 6.45) is 0. The predicted octanol–water partition coefficient (Wildman–Crippen LogP) is 6.07. The van der Waals surface area contributed by atoms with Gasteiger partial charge in [-0.05, 0) is 29.3 Å². The van der Waals surface area contributed by atoms with Crippen LogP contribution in [0.4, 0.5) is 0 Å². The average Bonchev–Trinajstić information content (AvgIpc) is 2.93. The van der Waals surface area contributed by atoms with Crippen molar-refractivity contribution < 1.29 is 4.42 Å². The van der Waals surface area contributed by atoms with Crippen molar-refractivity contribution in [3.63, 3.8) is 0 Å². The van der Waals surface area contributed by atoms with Gasteiger partial charge in [0.25, 0.3) is 0 Å². The molecule has 2 heteroatoms. The van der Waals surface area contributed by atoms with Crippen molar-refractivity contribution in [3.05, 3.63) is 83.9 Å². The Balaban J connectivity index is 1.88. The molecule has 0 saturated heterocycles. The zero-order valence-electron chi connectivity index (χ0n) is 11.3. The predicted molar refractivity (Wildman–Crippen MR) is 90.9 cm³/mol. The van der Waals surface area contributed by atoms with Gasteiger partial charge in [-0.2, -0.15) is 0 Å². The lowest BCUT2D eigenvalue weighted by Gasteiger charge is -2.10. The van der Waals surface area contributed by atoms with E-state index < -0.39 is 0 Å². The number of hydrogen-bond donors (Lipinski definition) is 0. The van der Waals surface area contributed by atoms with Gasteiger partial charge >= 0.3 is 0 Å². The molecular weight excluding hydrogens is 324 g/mol. The molecule has 0 N–H and O–H groups in total. The van der Waals surface area contributed by atoms with Crippen LogP contribution in [0.1, 0.15) is 16.0 Å². The van der Waals surface area contributed by atoms with E-state index in [4.69, 9.17) is 4.42 Å². The average molecular weight is 337 g/mol. The second-order valence-electron chi connectivity index (χ2n) is 5.13. The summed E-state index contributed by atoms with van der Waals surface area (Å²) in [5.74, 6) is 0. The fourth-order valence-electron chi connectivity index (χ4n) is 2.72. The maximum atomic E-state index is 5.88. The highest BCUT2D eigenvalue weighted by atomic mass is 79.9. The topological polar surface area (TPSA) is 13.1 Å². The summed E-state index contributed by atoms with van der Waals surface area (Å²) in [7, 11) is 0. The molecule has 21 heavy (non-hydrogen) atoms. The quantitative estimate of drug-likeness (QED) is 0.405. The third-order valence-electron chi connectivity index (χ3n) is 3.79. The maximum absolute atomic E-state index is 5.88. The molecule has 0 aliphatic heterocycles. The first-order chi connectivity index (χ1) is 10.3. The van der Waals surface area contributed by atoms with E-state index in [0.717, 1.165) is 11.2 Å². The summed E-state index contributed by atoms with van der Waals surface area (Å²) < 4.78 is 5.88. The van der Waals surface area contributed by atoms with Crippen LogP contribution in [0.5, 0.6) is 0 Å². The largest absolute Gasteiger partial charge is 0.456 e. The van der Waals surface area contributed by atoms with Gasteiger partial charge in [-0.3, -0.25) is 0 Å². The Bertz CT molecular complexity index is 909. The fourth-order valence-corrected chi connectivity index (χ4v) is 3.31. The van der Waals surface area contributed by atoms with Crippen molar-refractivity contribution in [1.29, 1.82) is 0 Å². The van der Waals surface area contributed by atoms with Gasteiger partial charge in [-0.15, -0.1) is 0 Å². The molecule has 0 saturated carbocycles. The number of benzene rings is 3. The van der Waals surface area contributed by atoms with Crippen molar-refractivity contribution in [1.82, 2.24) is 0 Å². The molecule has 1 aromatic heterocycles. The number of fused-ring (bicyclic) bond motifs is 3. The van der Waals surface area contributed by atoms with Crippen LogP contribution >= 0.6 is 15.9 Å². The second kappa shape index (κ2) is 5.05. The summed E-state index contributed by atoms with van der Waals surface area (Å²) in [6, 6.07) is 25.0. The number of furan rings is 1. The van der Waals surface area contributed by atoms with Gasteiger partial charge in [0, 0.05) is 10.8 Å². The molecule has 4 rings (SSSR count). The minimum Gasteiger partial charge on any atom is -0.456 e. The van der Waals surface area contributed by atoms with Crippen molar-refractivity contribution >= 4 is 37.9 Å². The maximum Gasteiger partial charge on any atom is 0.135 e. The third-order valence-corrected chi connectivity index (χ3v) is 4.84. The molecule has 0 radical (unpaired) electrons. The minimum atomic E-state index is 0.191. The SMILES string of the molecule is BrC(c1ccccc1)c1ccc2oc3ccccc3c2c1. The molecule has 0 fully saturated rings. The van der Waals surface area contributed by atoms with Gasteiger partial charge in [-0.25, -0.2) is 0 Å². The first-order valence-corrected chi connectivity index (χ1v) is 7.85. The molecule has 3 aromatic carbocycles. The van der Waals surface area contributed by atoms with Gasteiger partial charge < -0.3 is 4.42 Å². The van der Waals surface area contributed by atoms with Crippen LogP contribution in [-0.4, -0.2) is 0 Å². The number of halogens is 1. The Morgan fingerprint density at radius 1 is 0.667 bits per heavy atom. The number of hydrogen-bond acceptors (Lipinski definition) is 1. The molecule has 0 aliphatic carbocycles. The Morgan fingerprint density at radius 3 is 2.24 bits per heavy atom. The molecule has 0 amide bonds. The van der Waals surface area contributed by atoms with E-state index in [0.29, 0.717) is 0 Å². The zero-order valence-corrected chi connectivity index (χ0v) is 12.9. The van der Waals surface area contributed by atoms with Crippen LogP contribution in [0.2, 0.25) is 0 Å². The normalized spacial score (nSPS) is 12.8. The van der Waals surface area contributed by atoms with Gasteiger partial charge in [0.15, 0.2) is 0 Å². The molecule has 1 nitrogen and oxygen atoms in total. The number of alkyl halides is 1. The van der Waals surface area contributed by atoms with Crippen LogP contribution in [-0.2, 0) is 0 Å². The van der Waals surface area contributed by atoms with Crippen molar-refractivity contribution in [2.75, 3.05) is 0 Å². The molecule has 1 heterocycles. The van der Waals surface area contributed by atoms with E-state index in [9.17, 15) is 0 Å². The number of para-hydroxylation sites is 1. The summed E-state index contributed by atoms with van der Waals surface area (Å²) >= 11 is 3.80. The third kappa shape index (κ3) is 2.16. The van der Waals surface area contributed by atoms with E-state index in [2.05, 4.69) is 64.5 Å². The molecular formula is C19H13BrO. The number of rotatable bonds is 2. The Kier molecular flexibility index (Phi) is 3.04. The highest BCUT2D eigenvalue weighted by Crippen LogP contribution is 2.35. The first kappa shape index (κ1) is 12.7. The summed E-state index contributed by atoms with van der Waals surface area (Å²) in [6.45, 7) is 0. The highest BCUT2D eigenvalue weighted by Gasteiger charge is 2.13. The van der Waals surface area contributed by atoms with Crippen LogP contribution in [0.3, 0.4) is 0 Å². The van der Waals surface area contributed by atoms with Crippen molar-refractivity contribution in [2.24, 2.45) is 0 Å². The molecule has 0 bridgehead atoms. The Morgan fingerprint density at radius 2 is 1.38 bits per heavy atom. The van der Waals surface area contributed by atoms with Gasteiger partial charge in [0.05, 0.1) is 4.83 Å². The second-order valence-corrected chi connectivity index (χ2v) is 6.04. The first-order valence-electron chi connectivity index (χ1n) is 6.93. The van der Waals surface area contributed by atoms with Crippen molar-refractivity contribution in [2.45, 2.75) is 4.83 Å². The molecule has 4 aromatic rings. The van der Waals surface area contributed by atoms with Crippen LogP contribution in [0, 0.1) is 0 Å². The van der Waals surface area contributed by atoms with Crippen LogP contribution in [0.15, 0.2) is 77.2 Å². The monoisotopic (exact) mass is 336 g/mol. The van der Waals surface area contributed by atoms with Crippen LogP contribution in [0.25, 0.3) is 21.9 Å².